The average Bonchev–Trinajstić information content (AvgIpc) is 2.22. The molecule has 1 atom stereocenters. The van der Waals surface area contributed by atoms with Crippen LogP contribution in [0.1, 0.15) is 12.8 Å². The van der Waals surface area contributed by atoms with Gasteiger partial charge in [0.05, 0.1) is 0 Å². The van der Waals surface area contributed by atoms with Crippen molar-refractivity contribution in [3.05, 3.63) is 0 Å². The summed E-state index contributed by atoms with van der Waals surface area (Å²) in [6.07, 6.45) is 2.87. The number of isocyanates is 2. The maximum Gasteiger partial charge on any atom is 0.329 e. The van der Waals surface area contributed by atoms with Gasteiger partial charge in [0.15, 0.2) is 6.04 Å². The second kappa shape index (κ2) is 8.05. The van der Waals surface area contributed by atoms with E-state index in [4.69, 9.17) is 10.8 Å². The van der Waals surface area contributed by atoms with Crippen LogP contribution in [0.25, 0.3) is 0 Å². The van der Waals surface area contributed by atoms with E-state index in [1.807, 2.05) is 0 Å². The number of guanidine groups is 1. The molecular weight excluding hydrogens is 216 g/mol. The molecule has 0 aliphatic heterocycles. The molecule has 0 spiro atoms. The first kappa shape index (κ1) is 13.7. The van der Waals surface area contributed by atoms with Gasteiger partial charge >= 0.3 is 5.97 Å². The molecule has 8 heteroatoms. The maximum absolute atomic E-state index is 10.5. The Balaban J connectivity index is 4.05. The Hall–Kier alpha value is -2.30. The van der Waals surface area contributed by atoms with Gasteiger partial charge in [-0.3, -0.25) is 4.99 Å². The van der Waals surface area contributed by atoms with Crippen molar-refractivity contribution in [2.45, 2.75) is 18.9 Å². The first-order valence-corrected chi connectivity index (χ1v) is 4.29. The number of nitrogens with zero attached hydrogens (tertiary/aromatic N) is 3. The van der Waals surface area contributed by atoms with Gasteiger partial charge in [-0.05, 0) is 12.8 Å². The van der Waals surface area contributed by atoms with Crippen LogP contribution in [0.15, 0.2) is 15.0 Å². The van der Waals surface area contributed by atoms with Gasteiger partial charge in [-0.25, -0.2) is 14.4 Å². The summed E-state index contributed by atoms with van der Waals surface area (Å²) in [5, 5.41) is 8.59. The lowest BCUT2D eigenvalue weighted by Gasteiger charge is -2.02. The molecule has 0 fully saturated rings. The smallest absolute Gasteiger partial charge is 0.329 e. The second-order valence-electron chi connectivity index (χ2n) is 2.66. The lowest BCUT2D eigenvalue weighted by atomic mass is 10.2. The second-order valence-corrected chi connectivity index (χ2v) is 2.66. The van der Waals surface area contributed by atoms with Gasteiger partial charge in [0.1, 0.15) is 0 Å². The molecule has 0 aliphatic carbocycles. The highest BCUT2D eigenvalue weighted by molar-refractivity contribution is 5.83. The third kappa shape index (κ3) is 6.20. The van der Waals surface area contributed by atoms with E-state index in [2.05, 4.69) is 15.0 Å². The Kier molecular flexibility index (Phi) is 6.89. The van der Waals surface area contributed by atoms with E-state index in [1.165, 1.54) is 12.2 Å². The maximum atomic E-state index is 10.5. The molecule has 0 bridgehead atoms. The molecule has 0 rings (SSSR count). The summed E-state index contributed by atoms with van der Waals surface area (Å²) in [6, 6.07) is -1.12. The molecule has 0 aliphatic rings. The number of aliphatic imine (C=N–C) groups is 3. The number of carboxylic acid groups (broad SMARTS) is 1. The molecule has 0 aromatic rings. The van der Waals surface area contributed by atoms with E-state index in [9.17, 15) is 14.4 Å². The molecule has 0 radical (unpaired) electrons. The number of hydrogen-bond acceptors (Lipinski definition) is 5. The topological polar surface area (TPSA) is 135 Å². The summed E-state index contributed by atoms with van der Waals surface area (Å²) in [7, 11) is 0. The molecule has 0 aromatic heterocycles. The summed E-state index contributed by atoms with van der Waals surface area (Å²) in [5.41, 5.74) is 5.14. The summed E-state index contributed by atoms with van der Waals surface area (Å²) < 4.78 is 0. The predicted molar refractivity (Wildman–Crippen MR) is 53.4 cm³/mol. The highest BCUT2D eigenvalue weighted by Gasteiger charge is 2.14. The fourth-order valence-electron chi connectivity index (χ4n) is 0.867. The highest BCUT2D eigenvalue weighted by atomic mass is 16.4. The quantitative estimate of drug-likeness (QED) is 0.264. The van der Waals surface area contributed by atoms with Crippen LogP contribution >= 0.6 is 0 Å². The van der Waals surface area contributed by atoms with Crippen LogP contribution < -0.4 is 5.73 Å². The fourth-order valence-corrected chi connectivity index (χ4v) is 0.867. The van der Waals surface area contributed by atoms with Crippen LogP contribution in [-0.2, 0) is 14.4 Å². The van der Waals surface area contributed by atoms with Gasteiger partial charge in [0.2, 0.25) is 18.1 Å². The lowest BCUT2D eigenvalue weighted by molar-refractivity contribution is -0.138. The molecular formula is C8H10N4O4. The van der Waals surface area contributed by atoms with Crippen LogP contribution in [0.2, 0.25) is 0 Å². The summed E-state index contributed by atoms with van der Waals surface area (Å²) >= 11 is 0. The first-order valence-electron chi connectivity index (χ1n) is 4.29. The number of hydrogen-bond donors (Lipinski definition) is 2. The van der Waals surface area contributed by atoms with Crippen LogP contribution in [0.3, 0.4) is 0 Å². The number of carbonyl (C=O) groups is 1. The van der Waals surface area contributed by atoms with Crippen molar-refractivity contribution < 1.29 is 19.5 Å². The van der Waals surface area contributed by atoms with Gasteiger partial charge in [-0.1, -0.05) is 0 Å². The van der Waals surface area contributed by atoms with Crippen molar-refractivity contribution in [2.24, 2.45) is 20.7 Å². The van der Waals surface area contributed by atoms with Crippen LogP contribution in [0.5, 0.6) is 0 Å². The molecule has 0 saturated carbocycles. The molecule has 0 aromatic carbocycles. The highest BCUT2D eigenvalue weighted by Crippen LogP contribution is 2.02. The third-order valence-electron chi connectivity index (χ3n) is 1.56. The summed E-state index contributed by atoms with van der Waals surface area (Å²) in [4.78, 5) is 39.9. The van der Waals surface area contributed by atoms with Gasteiger partial charge in [-0.15, -0.1) is 4.99 Å². The van der Waals surface area contributed by atoms with Crippen LogP contribution in [-0.4, -0.2) is 41.8 Å². The van der Waals surface area contributed by atoms with Crippen LogP contribution in [0.4, 0.5) is 0 Å². The Labute approximate surface area is 90.6 Å². The van der Waals surface area contributed by atoms with Crippen molar-refractivity contribution in [2.75, 3.05) is 6.54 Å². The minimum absolute atomic E-state index is 0.131. The number of carbonyl (C=O) groups excluding carboxylic acids is 2. The van der Waals surface area contributed by atoms with Crippen molar-refractivity contribution >= 4 is 24.1 Å². The molecule has 0 amide bonds. The minimum Gasteiger partial charge on any atom is -0.480 e. The predicted octanol–water partition coefficient (Wildman–Crippen LogP) is -0.794. The largest absolute Gasteiger partial charge is 0.480 e. The number of carboxylic acids is 1. The normalized spacial score (nSPS) is 12.1. The lowest BCUT2D eigenvalue weighted by Crippen LogP contribution is -2.18. The summed E-state index contributed by atoms with van der Waals surface area (Å²) in [5.74, 6) is -1.42. The Bertz CT molecular complexity index is 364. The SMILES string of the molecule is NC(N=C=O)=NCCC[C@H](N=C=O)C(=O)O. The van der Waals surface area contributed by atoms with Gasteiger partial charge in [0.25, 0.3) is 0 Å². The first-order chi connectivity index (χ1) is 7.61. The van der Waals surface area contributed by atoms with Crippen molar-refractivity contribution in [1.82, 2.24) is 0 Å². The van der Waals surface area contributed by atoms with E-state index in [0.29, 0.717) is 6.42 Å². The molecule has 0 unspecified atom stereocenters. The number of nitrogens with two attached hydrogens (primary N) is 1. The zero-order chi connectivity index (χ0) is 12.4. The molecule has 8 nitrogen and oxygen atoms in total. The third-order valence-corrected chi connectivity index (χ3v) is 1.56. The molecule has 16 heavy (non-hydrogen) atoms. The molecule has 0 saturated heterocycles. The van der Waals surface area contributed by atoms with E-state index < -0.39 is 12.0 Å². The van der Waals surface area contributed by atoms with Gasteiger partial charge in [-0.2, -0.15) is 4.99 Å². The Morgan fingerprint density at radius 2 is 2.06 bits per heavy atom. The monoisotopic (exact) mass is 226 g/mol. The van der Waals surface area contributed by atoms with E-state index in [0.717, 1.165) is 0 Å². The minimum atomic E-state index is -1.20. The molecule has 0 heterocycles. The zero-order valence-corrected chi connectivity index (χ0v) is 8.29. The van der Waals surface area contributed by atoms with Crippen molar-refractivity contribution in [3.8, 4) is 0 Å². The van der Waals surface area contributed by atoms with Gasteiger partial charge < -0.3 is 10.8 Å². The van der Waals surface area contributed by atoms with Crippen LogP contribution in [0, 0.1) is 0 Å². The van der Waals surface area contributed by atoms with E-state index >= 15 is 0 Å². The summed E-state index contributed by atoms with van der Waals surface area (Å²) in [6.45, 7) is 0.190. The fraction of sp³-hybridized carbons (Fsp3) is 0.500. The average molecular weight is 226 g/mol. The van der Waals surface area contributed by atoms with E-state index in [1.54, 1.807) is 0 Å². The standard InChI is InChI=1S/C8H10N4O4/c9-8(12-5-14)10-3-1-2-6(7(15)16)11-4-13/h6H,1-3H2,(H2,9,10)(H,15,16)/t6-/m0/s1. The zero-order valence-electron chi connectivity index (χ0n) is 8.29. The van der Waals surface area contributed by atoms with E-state index in [-0.39, 0.29) is 18.9 Å². The Morgan fingerprint density at radius 1 is 1.38 bits per heavy atom. The molecule has 86 valence electrons. The van der Waals surface area contributed by atoms with Crippen molar-refractivity contribution in [1.29, 1.82) is 0 Å². The Morgan fingerprint density at radius 3 is 2.56 bits per heavy atom. The van der Waals surface area contributed by atoms with Gasteiger partial charge in [0, 0.05) is 6.54 Å². The molecule has 3 N–H and O–H groups in total. The number of rotatable bonds is 6. The van der Waals surface area contributed by atoms with Crippen molar-refractivity contribution in [3.63, 3.8) is 0 Å². The number of aliphatic carboxylic acids is 1.